The molecule has 1 aliphatic heterocycles. The fraction of sp³-hybridized carbons (Fsp3) is 0.650. The van der Waals surface area contributed by atoms with E-state index in [2.05, 4.69) is 5.32 Å². The number of ether oxygens (including phenoxy) is 1. The number of sulfonamides is 1. The van der Waals surface area contributed by atoms with Crippen LogP contribution in [0.4, 0.5) is 10.5 Å². The molecule has 1 aliphatic rings. The van der Waals surface area contributed by atoms with Crippen molar-refractivity contribution in [2.75, 3.05) is 32.0 Å². The van der Waals surface area contributed by atoms with Crippen LogP contribution in [0.5, 0.6) is 0 Å². The van der Waals surface area contributed by atoms with Crippen LogP contribution in [0, 0.1) is 5.92 Å². The third kappa shape index (κ3) is 8.86. The Labute approximate surface area is 179 Å². The SMILES string of the molecule is C1CCOC1.CCC(NC(=O)O)C(O)CN(CC(C)C)S(=O)(=O)c1ccc(N)cc1. The second kappa shape index (κ2) is 12.7. The van der Waals surface area contributed by atoms with Crippen LogP contribution >= 0.6 is 0 Å². The molecule has 0 aromatic heterocycles. The summed E-state index contributed by atoms with van der Waals surface area (Å²) in [5.74, 6) is 0.0308. The second-order valence-corrected chi connectivity index (χ2v) is 9.57. The van der Waals surface area contributed by atoms with E-state index >= 15 is 0 Å². The highest BCUT2D eigenvalue weighted by molar-refractivity contribution is 7.89. The molecule has 0 aliphatic carbocycles. The normalized spacial score (nSPS) is 16.1. The second-order valence-electron chi connectivity index (χ2n) is 7.64. The van der Waals surface area contributed by atoms with Crippen LogP contribution in [0.1, 0.15) is 40.0 Å². The Bertz CT molecular complexity index is 728. The predicted octanol–water partition coefficient (Wildman–Crippen LogP) is 2.12. The number of nitrogen functional groups attached to an aromatic ring is 1. The Kier molecular flexibility index (Phi) is 11.1. The lowest BCUT2D eigenvalue weighted by atomic mass is 10.1. The Morgan fingerprint density at radius 2 is 1.77 bits per heavy atom. The molecule has 0 spiro atoms. The molecule has 1 aromatic rings. The highest BCUT2D eigenvalue weighted by atomic mass is 32.2. The van der Waals surface area contributed by atoms with Crippen LogP contribution in [0.2, 0.25) is 0 Å². The lowest BCUT2D eigenvalue weighted by Crippen LogP contribution is -2.49. The van der Waals surface area contributed by atoms with Crippen LogP contribution < -0.4 is 11.1 Å². The number of anilines is 1. The number of hydrogen-bond acceptors (Lipinski definition) is 6. The zero-order valence-electron chi connectivity index (χ0n) is 18.0. The Morgan fingerprint density at radius 3 is 2.17 bits per heavy atom. The minimum Gasteiger partial charge on any atom is -0.465 e. The number of carboxylic acid groups (broad SMARTS) is 1. The third-order valence-corrected chi connectivity index (χ3v) is 6.36. The van der Waals surface area contributed by atoms with Crippen molar-refractivity contribution in [3.05, 3.63) is 24.3 Å². The van der Waals surface area contributed by atoms with Gasteiger partial charge in [-0.25, -0.2) is 13.2 Å². The van der Waals surface area contributed by atoms with Crippen LogP contribution in [-0.4, -0.2) is 67.5 Å². The Balaban J connectivity index is 0.000000780. The zero-order chi connectivity index (χ0) is 22.7. The summed E-state index contributed by atoms with van der Waals surface area (Å²) in [5.41, 5.74) is 6.05. The van der Waals surface area contributed by atoms with E-state index in [0.717, 1.165) is 13.2 Å². The first-order valence-corrected chi connectivity index (χ1v) is 11.6. The van der Waals surface area contributed by atoms with Crippen molar-refractivity contribution in [1.82, 2.24) is 9.62 Å². The molecule has 2 atom stereocenters. The Morgan fingerprint density at radius 1 is 1.20 bits per heavy atom. The molecular weight excluding hydrogens is 410 g/mol. The van der Waals surface area contributed by atoms with Gasteiger partial charge in [-0.05, 0) is 49.4 Å². The molecule has 1 fully saturated rings. The summed E-state index contributed by atoms with van der Waals surface area (Å²) in [4.78, 5) is 10.9. The predicted molar refractivity (Wildman–Crippen MR) is 116 cm³/mol. The van der Waals surface area contributed by atoms with Gasteiger partial charge in [0.25, 0.3) is 0 Å². The lowest BCUT2D eigenvalue weighted by Gasteiger charge is -2.29. The number of nitrogens with one attached hydrogen (secondary N) is 1. The van der Waals surface area contributed by atoms with Gasteiger partial charge in [-0.15, -0.1) is 0 Å². The molecule has 2 unspecified atom stereocenters. The van der Waals surface area contributed by atoms with Crippen molar-refractivity contribution >= 4 is 21.8 Å². The number of nitrogens with two attached hydrogens (primary N) is 1. The fourth-order valence-corrected chi connectivity index (χ4v) is 4.56. The number of aliphatic hydroxyl groups excluding tert-OH is 1. The molecule has 1 aromatic carbocycles. The van der Waals surface area contributed by atoms with Crippen LogP contribution in [0.25, 0.3) is 0 Å². The van der Waals surface area contributed by atoms with Gasteiger partial charge in [0, 0.05) is 32.0 Å². The maximum absolute atomic E-state index is 12.9. The largest absolute Gasteiger partial charge is 0.465 e. The van der Waals surface area contributed by atoms with Crippen LogP contribution in [0.3, 0.4) is 0 Å². The maximum Gasteiger partial charge on any atom is 0.404 e. The van der Waals surface area contributed by atoms with Gasteiger partial charge in [0.05, 0.1) is 17.0 Å². The number of aliphatic hydroxyl groups is 1. The minimum absolute atomic E-state index is 0.0308. The van der Waals surface area contributed by atoms with E-state index in [1.54, 1.807) is 6.92 Å². The monoisotopic (exact) mass is 445 g/mol. The van der Waals surface area contributed by atoms with Crippen molar-refractivity contribution < 1.29 is 28.2 Å². The number of carbonyl (C=O) groups is 1. The van der Waals surface area contributed by atoms with Gasteiger partial charge in [-0.1, -0.05) is 20.8 Å². The summed E-state index contributed by atoms with van der Waals surface area (Å²) >= 11 is 0. The smallest absolute Gasteiger partial charge is 0.404 e. The topological polar surface area (TPSA) is 142 Å². The zero-order valence-corrected chi connectivity index (χ0v) is 18.8. The number of nitrogens with zero attached hydrogens (tertiary/aromatic N) is 1. The summed E-state index contributed by atoms with van der Waals surface area (Å²) in [6.07, 6.45) is 0.469. The first kappa shape index (κ1) is 26.2. The standard InChI is InChI=1S/C16H27N3O5S.C4H8O/c1-4-14(18-16(21)22)15(20)10-19(9-11(2)3)25(23,24)13-7-5-12(17)6-8-13;1-2-4-5-3-1/h5-8,11,14-15,18,20H,4,9-10,17H2,1-3H3,(H,21,22);1-4H2. The van der Waals surface area contributed by atoms with Gasteiger partial charge in [0.1, 0.15) is 0 Å². The first-order valence-electron chi connectivity index (χ1n) is 10.2. The molecule has 5 N–H and O–H groups in total. The van der Waals surface area contributed by atoms with Gasteiger partial charge in [-0.3, -0.25) is 0 Å². The molecule has 0 bridgehead atoms. The van der Waals surface area contributed by atoms with Crippen molar-refractivity contribution in [3.63, 3.8) is 0 Å². The summed E-state index contributed by atoms with van der Waals surface area (Å²) in [7, 11) is -3.84. The fourth-order valence-electron chi connectivity index (χ4n) is 2.94. The summed E-state index contributed by atoms with van der Waals surface area (Å²) in [6.45, 7) is 7.44. The van der Waals surface area contributed by atoms with E-state index in [1.165, 1.54) is 41.4 Å². The lowest BCUT2D eigenvalue weighted by molar-refractivity contribution is 0.0966. The highest BCUT2D eigenvalue weighted by Crippen LogP contribution is 2.19. The molecule has 172 valence electrons. The number of rotatable bonds is 9. The molecule has 2 rings (SSSR count). The molecule has 9 nitrogen and oxygen atoms in total. The van der Waals surface area contributed by atoms with Crippen molar-refractivity contribution in [2.24, 2.45) is 5.92 Å². The minimum atomic E-state index is -3.84. The number of benzene rings is 1. The van der Waals surface area contributed by atoms with E-state index in [0.29, 0.717) is 12.1 Å². The molecular formula is C20H35N3O6S. The Hall–Kier alpha value is -1.88. The molecule has 0 radical (unpaired) electrons. The van der Waals surface area contributed by atoms with Gasteiger partial charge in [-0.2, -0.15) is 4.31 Å². The molecule has 30 heavy (non-hydrogen) atoms. The number of hydrogen-bond donors (Lipinski definition) is 4. The molecule has 1 heterocycles. The van der Waals surface area contributed by atoms with Crippen LogP contribution in [-0.2, 0) is 14.8 Å². The van der Waals surface area contributed by atoms with E-state index in [-0.39, 0.29) is 23.9 Å². The van der Waals surface area contributed by atoms with Gasteiger partial charge < -0.3 is 26.0 Å². The molecule has 1 saturated heterocycles. The maximum atomic E-state index is 12.9. The van der Waals surface area contributed by atoms with Crippen molar-refractivity contribution in [3.8, 4) is 0 Å². The molecule has 10 heteroatoms. The van der Waals surface area contributed by atoms with E-state index < -0.39 is 28.3 Å². The first-order chi connectivity index (χ1) is 14.1. The summed E-state index contributed by atoms with van der Waals surface area (Å²) < 4.78 is 31.9. The quantitative estimate of drug-likeness (QED) is 0.426. The average molecular weight is 446 g/mol. The highest BCUT2D eigenvalue weighted by Gasteiger charge is 2.30. The van der Waals surface area contributed by atoms with Gasteiger partial charge >= 0.3 is 6.09 Å². The van der Waals surface area contributed by atoms with E-state index in [4.69, 9.17) is 15.6 Å². The summed E-state index contributed by atoms with van der Waals surface area (Å²) in [5, 5.41) is 21.4. The van der Waals surface area contributed by atoms with Crippen LogP contribution in [0.15, 0.2) is 29.2 Å². The van der Waals surface area contributed by atoms with Crippen molar-refractivity contribution in [1.29, 1.82) is 0 Å². The third-order valence-electron chi connectivity index (χ3n) is 4.52. The molecule has 1 amide bonds. The average Bonchev–Trinajstić information content (AvgIpc) is 3.25. The van der Waals surface area contributed by atoms with Gasteiger partial charge in [0.15, 0.2) is 0 Å². The number of amides is 1. The van der Waals surface area contributed by atoms with Gasteiger partial charge in [0.2, 0.25) is 10.0 Å². The molecule has 0 saturated carbocycles. The van der Waals surface area contributed by atoms with E-state index in [1.807, 2.05) is 13.8 Å². The summed E-state index contributed by atoms with van der Waals surface area (Å²) in [6, 6.07) is 5.07. The van der Waals surface area contributed by atoms with E-state index in [9.17, 15) is 18.3 Å². The van der Waals surface area contributed by atoms with Crippen molar-refractivity contribution in [2.45, 2.75) is 57.1 Å².